The summed E-state index contributed by atoms with van der Waals surface area (Å²) < 4.78 is 42.2. The number of alkyl halides is 3. The monoisotopic (exact) mass is 284 g/mol. The fraction of sp³-hybridized carbons (Fsp3) is 0.917. The number of hydrogen-bond acceptors (Lipinski definition) is 3. The summed E-state index contributed by atoms with van der Waals surface area (Å²) in [4.78, 5) is 12.6. The second kappa shape index (κ2) is 10.0. The minimum absolute atomic E-state index is 0.0704. The predicted molar refractivity (Wildman–Crippen MR) is 66.7 cm³/mol. The van der Waals surface area contributed by atoms with Gasteiger partial charge in [0.05, 0.1) is 0 Å². The molecule has 0 atom stereocenters. The van der Waals surface area contributed by atoms with Crippen molar-refractivity contribution in [2.75, 3.05) is 32.8 Å². The first kappa shape index (κ1) is 18.2. The van der Waals surface area contributed by atoms with E-state index < -0.39 is 18.6 Å². The maximum Gasteiger partial charge on any atom is 0.406 e. The van der Waals surface area contributed by atoms with Gasteiger partial charge in [-0.25, -0.2) is 0 Å². The highest BCUT2D eigenvalue weighted by Gasteiger charge is 2.32. The molecular formula is C12H23F3N2O2. The highest BCUT2D eigenvalue weighted by Crippen LogP contribution is 2.17. The molecule has 0 heterocycles. The van der Waals surface area contributed by atoms with Crippen molar-refractivity contribution in [2.45, 2.75) is 38.8 Å². The smallest absolute Gasteiger partial charge is 0.382 e. The molecule has 0 aliphatic rings. The zero-order valence-corrected chi connectivity index (χ0v) is 11.3. The molecule has 2 N–H and O–H groups in total. The van der Waals surface area contributed by atoms with Crippen molar-refractivity contribution in [3.63, 3.8) is 0 Å². The molecule has 0 aromatic carbocycles. The molecule has 0 spiro atoms. The average Bonchev–Trinajstić information content (AvgIpc) is 2.32. The molecule has 1 amide bonds. The van der Waals surface area contributed by atoms with E-state index in [4.69, 9.17) is 10.5 Å². The molecule has 0 unspecified atom stereocenters. The molecule has 0 saturated heterocycles. The topological polar surface area (TPSA) is 55.6 Å². The summed E-state index contributed by atoms with van der Waals surface area (Å²) in [6.07, 6.45) is -2.68. The van der Waals surface area contributed by atoms with E-state index in [2.05, 4.69) is 0 Å². The van der Waals surface area contributed by atoms with Crippen molar-refractivity contribution in [1.82, 2.24) is 4.90 Å². The number of halogens is 3. The summed E-state index contributed by atoms with van der Waals surface area (Å²) in [5, 5.41) is 0. The van der Waals surface area contributed by atoms with Crippen LogP contribution in [0.5, 0.6) is 0 Å². The maximum absolute atomic E-state index is 12.4. The molecule has 0 rings (SSSR count). The van der Waals surface area contributed by atoms with Crippen molar-refractivity contribution in [3.8, 4) is 0 Å². The first-order valence-electron chi connectivity index (χ1n) is 6.53. The number of carbonyl (C=O) groups excluding carboxylic acids is 1. The Kier molecular flexibility index (Phi) is 9.59. The third-order valence-corrected chi connectivity index (χ3v) is 2.49. The van der Waals surface area contributed by atoms with E-state index in [1.165, 1.54) is 0 Å². The van der Waals surface area contributed by atoms with Gasteiger partial charge in [-0.2, -0.15) is 13.2 Å². The Morgan fingerprint density at radius 3 is 2.47 bits per heavy atom. The lowest BCUT2D eigenvalue weighted by molar-refractivity contribution is -0.161. The fourth-order valence-corrected chi connectivity index (χ4v) is 1.59. The first-order valence-corrected chi connectivity index (χ1v) is 6.53. The predicted octanol–water partition coefficient (Wildman–Crippen LogP) is 1.93. The quantitative estimate of drug-likeness (QED) is 0.624. The molecule has 7 heteroatoms. The van der Waals surface area contributed by atoms with Gasteiger partial charge < -0.3 is 15.4 Å². The van der Waals surface area contributed by atoms with E-state index in [0.29, 0.717) is 39.0 Å². The van der Waals surface area contributed by atoms with Crippen molar-refractivity contribution in [1.29, 1.82) is 0 Å². The number of nitrogens with two attached hydrogens (primary N) is 1. The molecule has 0 aromatic rings. The van der Waals surface area contributed by atoms with Gasteiger partial charge in [-0.1, -0.05) is 0 Å². The molecule has 0 bridgehead atoms. The second-order valence-corrected chi connectivity index (χ2v) is 4.23. The number of nitrogens with zero attached hydrogens (tertiary/aromatic N) is 1. The minimum Gasteiger partial charge on any atom is -0.382 e. The summed E-state index contributed by atoms with van der Waals surface area (Å²) in [6.45, 7) is 2.01. The van der Waals surface area contributed by atoms with Gasteiger partial charge in [0, 0.05) is 26.2 Å². The number of carbonyl (C=O) groups is 1. The van der Waals surface area contributed by atoms with E-state index >= 15 is 0 Å². The van der Waals surface area contributed by atoms with Gasteiger partial charge in [-0.05, 0) is 32.7 Å². The van der Waals surface area contributed by atoms with E-state index in [-0.39, 0.29) is 13.0 Å². The third kappa shape index (κ3) is 10.8. The van der Waals surface area contributed by atoms with E-state index in [0.717, 1.165) is 4.90 Å². The first-order chi connectivity index (χ1) is 8.90. The van der Waals surface area contributed by atoms with Crippen LogP contribution in [0.15, 0.2) is 0 Å². The Labute approximate surface area is 112 Å². The van der Waals surface area contributed by atoms with Crippen molar-refractivity contribution in [3.05, 3.63) is 0 Å². The maximum atomic E-state index is 12.4. The molecule has 19 heavy (non-hydrogen) atoms. The molecule has 0 saturated carbocycles. The average molecular weight is 284 g/mol. The molecule has 0 radical (unpaired) electrons. The van der Waals surface area contributed by atoms with Crippen molar-refractivity contribution in [2.24, 2.45) is 5.73 Å². The van der Waals surface area contributed by atoms with Crippen LogP contribution in [0.4, 0.5) is 13.2 Å². The number of amides is 1. The van der Waals surface area contributed by atoms with Crippen LogP contribution in [0.1, 0.15) is 32.6 Å². The lowest BCUT2D eigenvalue weighted by atomic mass is 10.2. The lowest BCUT2D eigenvalue weighted by Gasteiger charge is -2.24. The minimum atomic E-state index is -4.37. The van der Waals surface area contributed by atoms with E-state index in [1.54, 1.807) is 0 Å². The number of ether oxygens (including phenoxy) is 1. The normalized spacial score (nSPS) is 11.6. The Morgan fingerprint density at radius 2 is 1.95 bits per heavy atom. The zero-order valence-electron chi connectivity index (χ0n) is 11.3. The van der Waals surface area contributed by atoms with Gasteiger partial charge in [0.1, 0.15) is 6.54 Å². The van der Waals surface area contributed by atoms with Gasteiger partial charge in [0.15, 0.2) is 0 Å². The number of unbranched alkanes of at least 4 members (excludes halogenated alkanes) is 1. The Balaban J connectivity index is 4.19. The van der Waals surface area contributed by atoms with Crippen LogP contribution >= 0.6 is 0 Å². The highest BCUT2D eigenvalue weighted by atomic mass is 19.4. The lowest BCUT2D eigenvalue weighted by Crippen LogP contribution is -2.39. The fourth-order valence-electron chi connectivity index (χ4n) is 1.59. The van der Waals surface area contributed by atoms with Crippen LogP contribution in [0, 0.1) is 0 Å². The van der Waals surface area contributed by atoms with Crippen LogP contribution in [0.25, 0.3) is 0 Å². The van der Waals surface area contributed by atoms with Crippen LogP contribution in [0.2, 0.25) is 0 Å². The molecule has 0 aliphatic heterocycles. The van der Waals surface area contributed by atoms with Gasteiger partial charge >= 0.3 is 6.18 Å². The van der Waals surface area contributed by atoms with Crippen LogP contribution in [-0.4, -0.2) is 49.8 Å². The largest absolute Gasteiger partial charge is 0.406 e. The summed E-state index contributed by atoms with van der Waals surface area (Å²) in [5.41, 5.74) is 5.28. The zero-order chi connectivity index (χ0) is 14.7. The summed E-state index contributed by atoms with van der Waals surface area (Å²) in [5.74, 6) is -0.470. The summed E-state index contributed by atoms with van der Waals surface area (Å²) in [7, 11) is 0. The molecule has 0 aromatic heterocycles. The Morgan fingerprint density at radius 1 is 1.26 bits per heavy atom. The molecule has 4 nitrogen and oxygen atoms in total. The summed E-state index contributed by atoms with van der Waals surface area (Å²) in [6, 6.07) is 0. The molecule has 0 aliphatic carbocycles. The summed E-state index contributed by atoms with van der Waals surface area (Å²) >= 11 is 0. The molecule has 114 valence electrons. The molecule has 0 fully saturated rings. The van der Waals surface area contributed by atoms with Crippen molar-refractivity contribution < 1.29 is 22.7 Å². The van der Waals surface area contributed by atoms with Crippen molar-refractivity contribution >= 4 is 5.91 Å². The molecular weight excluding hydrogens is 261 g/mol. The van der Waals surface area contributed by atoms with Gasteiger partial charge in [-0.15, -0.1) is 0 Å². The Hall–Kier alpha value is -0.820. The van der Waals surface area contributed by atoms with Crippen LogP contribution < -0.4 is 5.73 Å². The van der Waals surface area contributed by atoms with Gasteiger partial charge in [0.25, 0.3) is 0 Å². The number of rotatable bonds is 10. The third-order valence-electron chi connectivity index (χ3n) is 2.49. The number of hydrogen-bond donors (Lipinski definition) is 1. The highest BCUT2D eigenvalue weighted by molar-refractivity contribution is 5.76. The Bertz CT molecular complexity index is 248. The van der Waals surface area contributed by atoms with E-state index in [1.807, 2.05) is 6.92 Å². The second-order valence-electron chi connectivity index (χ2n) is 4.23. The van der Waals surface area contributed by atoms with Gasteiger partial charge in [0.2, 0.25) is 5.91 Å². The van der Waals surface area contributed by atoms with E-state index in [9.17, 15) is 18.0 Å². The SMILES string of the molecule is CCOCCCN(CC(F)(F)F)C(=O)CCCCN. The van der Waals surface area contributed by atoms with Crippen LogP contribution in [-0.2, 0) is 9.53 Å². The standard InChI is InChI=1S/C12H23F3N2O2/c1-2-19-9-5-8-17(10-12(13,14)15)11(18)6-3-4-7-16/h2-10,16H2,1H3. The van der Waals surface area contributed by atoms with Gasteiger partial charge in [-0.3, -0.25) is 4.79 Å². The van der Waals surface area contributed by atoms with Crippen LogP contribution in [0.3, 0.4) is 0 Å².